The maximum absolute atomic E-state index is 12.5. The minimum atomic E-state index is -0.194. The van der Waals surface area contributed by atoms with Gasteiger partial charge in [0, 0.05) is 43.3 Å². The zero-order valence-corrected chi connectivity index (χ0v) is 15.7. The van der Waals surface area contributed by atoms with E-state index in [0.717, 1.165) is 43.3 Å². The molecule has 0 saturated carbocycles. The lowest BCUT2D eigenvalue weighted by atomic mass is 9.97. The van der Waals surface area contributed by atoms with Crippen molar-refractivity contribution in [1.29, 1.82) is 0 Å². The Kier molecular flexibility index (Phi) is 5.23. The van der Waals surface area contributed by atoms with Gasteiger partial charge in [0.2, 0.25) is 0 Å². The largest absolute Gasteiger partial charge is 0.355 e. The Morgan fingerprint density at radius 2 is 2.00 bits per heavy atom. The Hall–Kier alpha value is -3.35. The first-order chi connectivity index (χ1) is 13.7. The van der Waals surface area contributed by atoms with Crippen LogP contribution in [0.3, 0.4) is 0 Å². The van der Waals surface area contributed by atoms with Gasteiger partial charge in [0.15, 0.2) is 0 Å². The van der Waals surface area contributed by atoms with E-state index in [1.54, 1.807) is 24.8 Å². The van der Waals surface area contributed by atoms with Crippen molar-refractivity contribution in [3.8, 4) is 0 Å². The average Bonchev–Trinajstić information content (AvgIpc) is 2.75. The summed E-state index contributed by atoms with van der Waals surface area (Å²) >= 11 is 0. The molecule has 7 heteroatoms. The zero-order chi connectivity index (χ0) is 19.3. The molecular formula is C21H22N6O. The van der Waals surface area contributed by atoms with E-state index in [4.69, 9.17) is 0 Å². The molecule has 142 valence electrons. The van der Waals surface area contributed by atoms with Crippen LogP contribution in [0.4, 0.5) is 11.5 Å². The van der Waals surface area contributed by atoms with Gasteiger partial charge in [-0.3, -0.25) is 9.78 Å². The number of aromatic nitrogens is 4. The third kappa shape index (κ3) is 3.98. The molecule has 0 aliphatic carbocycles. The van der Waals surface area contributed by atoms with Gasteiger partial charge in [-0.2, -0.15) is 0 Å². The Morgan fingerprint density at radius 3 is 2.75 bits per heavy atom. The second-order valence-electron chi connectivity index (χ2n) is 6.90. The fourth-order valence-electron chi connectivity index (χ4n) is 3.48. The number of piperidine rings is 1. The van der Waals surface area contributed by atoms with Crippen LogP contribution < -0.4 is 10.2 Å². The van der Waals surface area contributed by atoms with Gasteiger partial charge >= 0.3 is 0 Å². The number of carbonyl (C=O) groups is 1. The molecule has 1 fully saturated rings. The van der Waals surface area contributed by atoms with Gasteiger partial charge in [-0.05, 0) is 31.9 Å². The molecule has 1 aromatic carbocycles. The number of nitrogens with zero attached hydrogens (tertiary/aromatic N) is 5. The predicted molar refractivity (Wildman–Crippen MR) is 107 cm³/mol. The maximum atomic E-state index is 12.5. The lowest BCUT2D eigenvalue weighted by Crippen LogP contribution is -2.35. The van der Waals surface area contributed by atoms with E-state index in [1.165, 1.54) is 0 Å². The minimum Gasteiger partial charge on any atom is -0.355 e. The lowest BCUT2D eigenvalue weighted by Gasteiger charge is -2.32. The van der Waals surface area contributed by atoms with Crippen molar-refractivity contribution in [2.45, 2.75) is 25.7 Å². The highest BCUT2D eigenvalue weighted by atomic mass is 16.1. The SMILES string of the molecule is Cc1nc([C@@H]2CCCN(c3cnccn3)C2)ncc1C(=O)Nc1ccccc1. The van der Waals surface area contributed by atoms with Crippen LogP contribution in [0.2, 0.25) is 0 Å². The second kappa shape index (κ2) is 8.12. The highest BCUT2D eigenvalue weighted by molar-refractivity contribution is 6.04. The van der Waals surface area contributed by atoms with E-state index in [2.05, 4.69) is 30.2 Å². The average molecular weight is 374 g/mol. The van der Waals surface area contributed by atoms with Crippen LogP contribution in [-0.4, -0.2) is 38.9 Å². The van der Waals surface area contributed by atoms with E-state index in [9.17, 15) is 4.79 Å². The van der Waals surface area contributed by atoms with Gasteiger partial charge in [-0.15, -0.1) is 0 Å². The quantitative estimate of drug-likeness (QED) is 0.755. The van der Waals surface area contributed by atoms with Crippen LogP contribution in [0.15, 0.2) is 55.1 Å². The zero-order valence-electron chi connectivity index (χ0n) is 15.7. The highest BCUT2D eigenvalue weighted by Crippen LogP contribution is 2.27. The summed E-state index contributed by atoms with van der Waals surface area (Å²) in [5.41, 5.74) is 1.94. The summed E-state index contributed by atoms with van der Waals surface area (Å²) in [6, 6.07) is 9.38. The van der Waals surface area contributed by atoms with Crippen molar-refractivity contribution in [2.24, 2.45) is 0 Å². The Balaban J connectivity index is 1.48. The smallest absolute Gasteiger partial charge is 0.259 e. The van der Waals surface area contributed by atoms with Crippen LogP contribution in [0.1, 0.15) is 40.6 Å². The summed E-state index contributed by atoms with van der Waals surface area (Å²) in [6.07, 6.45) is 8.87. The van der Waals surface area contributed by atoms with E-state index in [1.807, 2.05) is 37.3 Å². The molecule has 0 spiro atoms. The first-order valence-corrected chi connectivity index (χ1v) is 9.41. The van der Waals surface area contributed by atoms with Gasteiger partial charge < -0.3 is 10.2 Å². The molecule has 0 bridgehead atoms. The molecule has 1 atom stereocenters. The third-order valence-corrected chi connectivity index (χ3v) is 4.93. The van der Waals surface area contributed by atoms with E-state index < -0.39 is 0 Å². The number of aryl methyl sites for hydroxylation is 1. The fourth-order valence-corrected chi connectivity index (χ4v) is 3.48. The number of rotatable bonds is 4. The molecule has 0 unspecified atom stereocenters. The maximum Gasteiger partial charge on any atom is 0.259 e. The molecule has 1 N–H and O–H groups in total. The molecule has 4 rings (SSSR count). The summed E-state index contributed by atoms with van der Waals surface area (Å²) in [5.74, 6) is 1.67. The van der Waals surface area contributed by atoms with Crippen molar-refractivity contribution in [2.75, 3.05) is 23.3 Å². The van der Waals surface area contributed by atoms with Crippen LogP contribution in [0, 0.1) is 6.92 Å². The van der Waals surface area contributed by atoms with Gasteiger partial charge in [0.1, 0.15) is 11.6 Å². The van der Waals surface area contributed by atoms with E-state index in [0.29, 0.717) is 11.3 Å². The summed E-state index contributed by atoms with van der Waals surface area (Å²) in [4.78, 5) is 32.5. The first kappa shape index (κ1) is 18.0. The summed E-state index contributed by atoms with van der Waals surface area (Å²) in [6.45, 7) is 3.60. The molecule has 1 aliphatic rings. The number of carbonyl (C=O) groups excluding carboxylic acids is 1. The van der Waals surface area contributed by atoms with Crippen molar-refractivity contribution >= 4 is 17.4 Å². The molecule has 1 amide bonds. The topological polar surface area (TPSA) is 83.9 Å². The Bertz CT molecular complexity index is 948. The number of nitrogens with one attached hydrogen (secondary N) is 1. The molecular weight excluding hydrogens is 352 g/mol. The van der Waals surface area contributed by atoms with Gasteiger partial charge in [0.25, 0.3) is 5.91 Å². The number of amides is 1. The lowest BCUT2D eigenvalue weighted by molar-refractivity contribution is 0.102. The van der Waals surface area contributed by atoms with Crippen LogP contribution in [-0.2, 0) is 0 Å². The van der Waals surface area contributed by atoms with Crippen molar-refractivity contribution in [1.82, 2.24) is 19.9 Å². The molecule has 3 aromatic rings. The predicted octanol–water partition coefficient (Wildman–Crippen LogP) is 3.21. The number of para-hydroxylation sites is 1. The van der Waals surface area contributed by atoms with E-state index in [-0.39, 0.29) is 11.8 Å². The fraction of sp³-hybridized carbons (Fsp3) is 0.286. The minimum absolute atomic E-state index is 0.194. The molecule has 7 nitrogen and oxygen atoms in total. The number of benzene rings is 1. The molecule has 2 aromatic heterocycles. The van der Waals surface area contributed by atoms with Crippen molar-refractivity contribution < 1.29 is 4.79 Å². The van der Waals surface area contributed by atoms with Gasteiger partial charge in [-0.25, -0.2) is 15.0 Å². The monoisotopic (exact) mass is 374 g/mol. The molecule has 3 heterocycles. The summed E-state index contributed by atoms with van der Waals surface area (Å²) in [7, 11) is 0. The molecule has 0 radical (unpaired) electrons. The summed E-state index contributed by atoms with van der Waals surface area (Å²) in [5, 5.41) is 2.88. The first-order valence-electron chi connectivity index (χ1n) is 9.41. The Labute approximate surface area is 163 Å². The van der Waals surface area contributed by atoms with Crippen molar-refractivity contribution in [3.63, 3.8) is 0 Å². The molecule has 28 heavy (non-hydrogen) atoms. The summed E-state index contributed by atoms with van der Waals surface area (Å²) < 4.78 is 0. The van der Waals surface area contributed by atoms with Gasteiger partial charge in [-0.1, -0.05) is 18.2 Å². The van der Waals surface area contributed by atoms with Crippen molar-refractivity contribution in [3.05, 3.63) is 72.2 Å². The second-order valence-corrected chi connectivity index (χ2v) is 6.90. The third-order valence-electron chi connectivity index (χ3n) is 4.93. The Morgan fingerprint density at radius 1 is 1.14 bits per heavy atom. The van der Waals surface area contributed by atoms with Crippen LogP contribution in [0.25, 0.3) is 0 Å². The van der Waals surface area contributed by atoms with E-state index >= 15 is 0 Å². The van der Waals surface area contributed by atoms with Gasteiger partial charge in [0.05, 0.1) is 17.5 Å². The highest BCUT2D eigenvalue weighted by Gasteiger charge is 2.25. The number of anilines is 2. The van der Waals surface area contributed by atoms with Crippen LogP contribution in [0.5, 0.6) is 0 Å². The molecule has 1 aliphatic heterocycles. The number of hydrogen-bond donors (Lipinski definition) is 1. The number of hydrogen-bond acceptors (Lipinski definition) is 6. The molecule has 1 saturated heterocycles. The normalized spacial score (nSPS) is 16.6. The van der Waals surface area contributed by atoms with Crippen LogP contribution >= 0.6 is 0 Å². The standard InChI is InChI=1S/C21H22N6O/c1-15-18(21(28)26-17-7-3-2-4-8-17)12-24-20(25-15)16-6-5-11-27(14-16)19-13-22-9-10-23-19/h2-4,7-10,12-13,16H,5-6,11,14H2,1H3,(H,26,28)/t16-/m1/s1.